The highest BCUT2D eigenvalue weighted by Crippen LogP contribution is 2.10. The Hall–Kier alpha value is -1.57. The fourth-order valence-corrected chi connectivity index (χ4v) is 1.99. The van der Waals surface area contributed by atoms with Gasteiger partial charge in [0.2, 0.25) is 0 Å². The zero-order valence-electron chi connectivity index (χ0n) is 10.9. The second-order valence-corrected chi connectivity index (χ2v) is 5.07. The van der Waals surface area contributed by atoms with E-state index < -0.39 is 0 Å². The van der Waals surface area contributed by atoms with Crippen LogP contribution < -0.4 is 0 Å². The minimum absolute atomic E-state index is 0.717. The Bertz CT molecular complexity index is 466. The van der Waals surface area contributed by atoms with Crippen LogP contribution in [0.3, 0.4) is 0 Å². The minimum Gasteiger partial charge on any atom is -0.268 e. The summed E-state index contributed by atoms with van der Waals surface area (Å²) in [4.78, 5) is 0. The Labute approximate surface area is 103 Å². The molecule has 0 spiro atoms. The molecule has 0 unspecified atom stereocenters. The molecule has 2 aromatic rings. The number of aryl methyl sites for hydroxylation is 1. The maximum absolute atomic E-state index is 4.39. The Morgan fingerprint density at radius 1 is 1.06 bits per heavy atom. The number of nitrogens with zero attached hydrogens (tertiary/aromatic N) is 2. The first-order valence-electron chi connectivity index (χ1n) is 6.21. The first-order chi connectivity index (χ1) is 8.13. The summed E-state index contributed by atoms with van der Waals surface area (Å²) in [5.41, 5.74) is 3.79. The summed E-state index contributed by atoms with van der Waals surface area (Å²) in [6.45, 7) is 7.37. The second-order valence-electron chi connectivity index (χ2n) is 5.07. The SMILES string of the molecule is Cc1ccn(Cc2ccc(CC(C)C)cc2)n1. The van der Waals surface area contributed by atoms with Crippen LogP contribution >= 0.6 is 0 Å². The van der Waals surface area contributed by atoms with E-state index in [2.05, 4.69) is 43.2 Å². The van der Waals surface area contributed by atoms with Crippen LogP contribution in [0.2, 0.25) is 0 Å². The van der Waals surface area contributed by atoms with Crippen LogP contribution in [0.4, 0.5) is 0 Å². The summed E-state index contributed by atoms with van der Waals surface area (Å²) in [5, 5.41) is 4.39. The molecule has 17 heavy (non-hydrogen) atoms. The molecule has 0 atom stereocenters. The van der Waals surface area contributed by atoms with Crippen LogP contribution in [0.15, 0.2) is 36.5 Å². The van der Waals surface area contributed by atoms with Crippen molar-refractivity contribution in [3.63, 3.8) is 0 Å². The molecule has 2 rings (SSSR count). The molecule has 0 bridgehead atoms. The third-order valence-corrected chi connectivity index (χ3v) is 2.79. The predicted molar refractivity (Wildman–Crippen MR) is 71.1 cm³/mol. The van der Waals surface area contributed by atoms with Gasteiger partial charge < -0.3 is 0 Å². The van der Waals surface area contributed by atoms with Crippen molar-refractivity contribution < 1.29 is 0 Å². The highest BCUT2D eigenvalue weighted by atomic mass is 15.3. The number of hydrogen-bond donors (Lipinski definition) is 0. The summed E-state index contributed by atoms with van der Waals surface area (Å²) in [5.74, 6) is 0.717. The molecular formula is C15H20N2. The van der Waals surface area contributed by atoms with Gasteiger partial charge >= 0.3 is 0 Å². The normalized spacial score (nSPS) is 11.1. The van der Waals surface area contributed by atoms with Gasteiger partial charge in [-0.05, 0) is 36.5 Å². The summed E-state index contributed by atoms with van der Waals surface area (Å²) in [6.07, 6.45) is 3.18. The van der Waals surface area contributed by atoms with Gasteiger partial charge in [-0.2, -0.15) is 5.10 Å². The first kappa shape index (κ1) is 11.9. The van der Waals surface area contributed by atoms with Crippen LogP contribution in [0.1, 0.15) is 30.7 Å². The lowest BCUT2D eigenvalue weighted by molar-refractivity contribution is 0.646. The van der Waals surface area contributed by atoms with Crippen molar-refractivity contribution in [2.75, 3.05) is 0 Å². The van der Waals surface area contributed by atoms with Crippen molar-refractivity contribution in [1.82, 2.24) is 9.78 Å². The topological polar surface area (TPSA) is 17.8 Å². The fraction of sp³-hybridized carbons (Fsp3) is 0.400. The van der Waals surface area contributed by atoms with Crippen molar-refractivity contribution in [2.24, 2.45) is 5.92 Å². The quantitative estimate of drug-likeness (QED) is 0.784. The van der Waals surface area contributed by atoms with Gasteiger partial charge in [-0.15, -0.1) is 0 Å². The monoisotopic (exact) mass is 228 g/mol. The van der Waals surface area contributed by atoms with Crippen LogP contribution in [-0.4, -0.2) is 9.78 Å². The summed E-state index contributed by atoms with van der Waals surface area (Å²) < 4.78 is 1.98. The predicted octanol–water partition coefficient (Wildman–Crippen LogP) is 3.44. The van der Waals surface area contributed by atoms with Gasteiger partial charge in [0.15, 0.2) is 0 Å². The van der Waals surface area contributed by atoms with E-state index in [1.54, 1.807) is 0 Å². The third kappa shape index (κ3) is 3.45. The Kier molecular flexibility index (Phi) is 3.62. The van der Waals surface area contributed by atoms with E-state index in [4.69, 9.17) is 0 Å². The molecule has 1 aromatic carbocycles. The van der Waals surface area contributed by atoms with Crippen molar-refractivity contribution in [3.8, 4) is 0 Å². The van der Waals surface area contributed by atoms with E-state index in [0.29, 0.717) is 0 Å². The van der Waals surface area contributed by atoms with Gasteiger partial charge in [0.25, 0.3) is 0 Å². The van der Waals surface area contributed by atoms with E-state index in [0.717, 1.165) is 24.6 Å². The van der Waals surface area contributed by atoms with E-state index in [9.17, 15) is 0 Å². The molecule has 0 fully saturated rings. The zero-order chi connectivity index (χ0) is 12.3. The van der Waals surface area contributed by atoms with Gasteiger partial charge in [0.05, 0.1) is 12.2 Å². The average molecular weight is 228 g/mol. The van der Waals surface area contributed by atoms with Crippen molar-refractivity contribution in [3.05, 3.63) is 53.3 Å². The molecule has 0 aliphatic carbocycles. The maximum atomic E-state index is 4.39. The first-order valence-corrected chi connectivity index (χ1v) is 6.21. The Balaban J connectivity index is 2.03. The average Bonchev–Trinajstić information content (AvgIpc) is 2.66. The van der Waals surface area contributed by atoms with Crippen LogP contribution in [0, 0.1) is 12.8 Å². The fourth-order valence-electron chi connectivity index (χ4n) is 1.99. The van der Waals surface area contributed by atoms with Gasteiger partial charge in [-0.1, -0.05) is 38.1 Å². The molecule has 0 aliphatic rings. The van der Waals surface area contributed by atoms with E-state index in [-0.39, 0.29) is 0 Å². The van der Waals surface area contributed by atoms with E-state index >= 15 is 0 Å². The molecule has 0 saturated carbocycles. The summed E-state index contributed by atoms with van der Waals surface area (Å²) in [6, 6.07) is 10.9. The molecule has 90 valence electrons. The smallest absolute Gasteiger partial charge is 0.0659 e. The molecule has 0 radical (unpaired) electrons. The van der Waals surface area contributed by atoms with Crippen molar-refractivity contribution in [1.29, 1.82) is 0 Å². The molecule has 2 nitrogen and oxygen atoms in total. The Morgan fingerprint density at radius 2 is 1.71 bits per heavy atom. The molecule has 0 saturated heterocycles. The van der Waals surface area contributed by atoms with Crippen LogP contribution in [-0.2, 0) is 13.0 Å². The minimum atomic E-state index is 0.717. The lowest BCUT2D eigenvalue weighted by atomic mass is 10.0. The maximum Gasteiger partial charge on any atom is 0.0659 e. The lowest BCUT2D eigenvalue weighted by Crippen LogP contribution is -2.01. The molecule has 0 aliphatic heterocycles. The molecular weight excluding hydrogens is 208 g/mol. The summed E-state index contributed by atoms with van der Waals surface area (Å²) in [7, 11) is 0. The number of aromatic nitrogens is 2. The highest BCUT2D eigenvalue weighted by molar-refractivity contribution is 5.23. The molecule has 1 heterocycles. The Morgan fingerprint density at radius 3 is 2.24 bits per heavy atom. The molecule has 0 N–H and O–H groups in total. The lowest BCUT2D eigenvalue weighted by Gasteiger charge is -2.06. The van der Waals surface area contributed by atoms with Crippen molar-refractivity contribution in [2.45, 2.75) is 33.7 Å². The van der Waals surface area contributed by atoms with Gasteiger partial charge in [-0.25, -0.2) is 0 Å². The standard InChI is InChI=1S/C15H20N2/c1-12(2)10-14-4-6-15(7-5-14)11-17-9-8-13(3)16-17/h4-9,12H,10-11H2,1-3H3. The number of benzene rings is 1. The third-order valence-electron chi connectivity index (χ3n) is 2.79. The number of hydrogen-bond acceptors (Lipinski definition) is 1. The van der Waals surface area contributed by atoms with Gasteiger partial charge in [0, 0.05) is 6.20 Å². The molecule has 0 amide bonds. The second kappa shape index (κ2) is 5.17. The zero-order valence-corrected chi connectivity index (χ0v) is 10.9. The van der Waals surface area contributed by atoms with Crippen molar-refractivity contribution >= 4 is 0 Å². The molecule has 2 heteroatoms. The number of rotatable bonds is 4. The van der Waals surface area contributed by atoms with Crippen LogP contribution in [0.5, 0.6) is 0 Å². The summed E-state index contributed by atoms with van der Waals surface area (Å²) >= 11 is 0. The van der Waals surface area contributed by atoms with Gasteiger partial charge in [0.1, 0.15) is 0 Å². The molecule has 1 aromatic heterocycles. The highest BCUT2D eigenvalue weighted by Gasteiger charge is 1.99. The van der Waals surface area contributed by atoms with Crippen LogP contribution in [0.25, 0.3) is 0 Å². The van der Waals surface area contributed by atoms with Gasteiger partial charge in [-0.3, -0.25) is 4.68 Å². The largest absolute Gasteiger partial charge is 0.268 e. The van der Waals surface area contributed by atoms with E-state index in [1.807, 2.05) is 23.9 Å². The van der Waals surface area contributed by atoms with E-state index in [1.165, 1.54) is 11.1 Å².